The minimum Gasteiger partial charge on any atom is -0.507 e. The SMILES string of the molecule is Oc1ccc(-c2cccc(O)c2-c2ccccc2)cc1-c1ccccc1. The monoisotopic (exact) mass is 338 g/mol. The van der Waals surface area contributed by atoms with E-state index in [4.69, 9.17) is 0 Å². The van der Waals surface area contributed by atoms with Crippen LogP contribution in [0.3, 0.4) is 0 Å². The molecule has 0 heterocycles. The van der Waals surface area contributed by atoms with Gasteiger partial charge in [-0.05, 0) is 40.5 Å². The standard InChI is InChI=1S/C24H18O2/c25-22-15-14-19(16-21(22)17-8-3-1-4-9-17)20-12-7-13-23(26)24(20)18-10-5-2-6-11-18/h1-16,25-26H. The summed E-state index contributed by atoms with van der Waals surface area (Å²) in [5.74, 6) is 0.476. The van der Waals surface area contributed by atoms with Gasteiger partial charge in [0.05, 0.1) is 0 Å². The van der Waals surface area contributed by atoms with Crippen LogP contribution in [0.5, 0.6) is 11.5 Å². The summed E-state index contributed by atoms with van der Waals surface area (Å²) < 4.78 is 0. The van der Waals surface area contributed by atoms with Gasteiger partial charge >= 0.3 is 0 Å². The molecule has 4 rings (SSSR count). The molecule has 0 amide bonds. The second-order valence-corrected chi connectivity index (χ2v) is 6.16. The van der Waals surface area contributed by atoms with E-state index in [2.05, 4.69) is 0 Å². The lowest BCUT2D eigenvalue weighted by molar-refractivity contribution is 0.477. The molecule has 2 nitrogen and oxygen atoms in total. The topological polar surface area (TPSA) is 40.5 Å². The second kappa shape index (κ2) is 6.77. The van der Waals surface area contributed by atoms with Crippen molar-refractivity contribution in [1.29, 1.82) is 0 Å². The first kappa shape index (κ1) is 16.0. The molecule has 2 N–H and O–H groups in total. The summed E-state index contributed by atoms with van der Waals surface area (Å²) in [5, 5.41) is 20.8. The van der Waals surface area contributed by atoms with Gasteiger partial charge < -0.3 is 10.2 Å². The summed E-state index contributed by atoms with van der Waals surface area (Å²) in [6, 6.07) is 30.7. The number of hydrogen-bond acceptors (Lipinski definition) is 2. The van der Waals surface area contributed by atoms with E-state index in [1.165, 1.54) is 0 Å². The highest BCUT2D eigenvalue weighted by molar-refractivity contribution is 5.89. The van der Waals surface area contributed by atoms with Crippen molar-refractivity contribution < 1.29 is 10.2 Å². The Morgan fingerprint density at radius 3 is 1.77 bits per heavy atom. The van der Waals surface area contributed by atoms with Crippen molar-refractivity contribution in [2.75, 3.05) is 0 Å². The second-order valence-electron chi connectivity index (χ2n) is 6.16. The molecule has 0 aromatic heterocycles. The van der Waals surface area contributed by atoms with E-state index in [9.17, 15) is 10.2 Å². The molecule has 0 radical (unpaired) electrons. The molecule has 2 heteroatoms. The molecule has 0 fully saturated rings. The van der Waals surface area contributed by atoms with E-state index < -0.39 is 0 Å². The van der Waals surface area contributed by atoms with Gasteiger partial charge in [0.25, 0.3) is 0 Å². The minimum absolute atomic E-state index is 0.237. The average molecular weight is 338 g/mol. The van der Waals surface area contributed by atoms with Gasteiger partial charge in [0.15, 0.2) is 0 Å². The van der Waals surface area contributed by atoms with Crippen LogP contribution in [0.15, 0.2) is 97.1 Å². The summed E-state index contributed by atoms with van der Waals surface area (Å²) in [5.41, 5.74) is 5.33. The Bertz CT molecular complexity index is 1040. The minimum atomic E-state index is 0.237. The Labute approximate surface area is 152 Å². The first-order valence-electron chi connectivity index (χ1n) is 8.50. The van der Waals surface area contributed by atoms with Crippen molar-refractivity contribution in [1.82, 2.24) is 0 Å². The maximum atomic E-state index is 10.5. The smallest absolute Gasteiger partial charge is 0.124 e. The molecule has 0 spiro atoms. The molecular weight excluding hydrogens is 320 g/mol. The van der Waals surface area contributed by atoms with Crippen molar-refractivity contribution in [2.24, 2.45) is 0 Å². The Morgan fingerprint density at radius 1 is 0.423 bits per heavy atom. The molecule has 4 aromatic carbocycles. The summed E-state index contributed by atoms with van der Waals surface area (Å²) in [4.78, 5) is 0. The number of phenols is 2. The lowest BCUT2D eigenvalue weighted by Crippen LogP contribution is -1.88. The van der Waals surface area contributed by atoms with Crippen molar-refractivity contribution in [2.45, 2.75) is 0 Å². The van der Waals surface area contributed by atoms with Gasteiger partial charge in [-0.3, -0.25) is 0 Å². The van der Waals surface area contributed by atoms with Gasteiger partial charge in [0, 0.05) is 11.1 Å². The fraction of sp³-hybridized carbons (Fsp3) is 0. The summed E-state index contributed by atoms with van der Waals surface area (Å²) >= 11 is 0. The van der Waals surface area contributed by atoms with Crippen molar-refractivity contribution >= 4 is 0 Å². The zero-order valence-electron chi connectivity index (χ0n) is 14.1. The molecule has 0 aliphatic carbocycles. The van der Waals surface area contributed by atoms with Crippen LogP contribution in [0.2, 0.25) is 0 Å². The molecule has 0 unspecified atom stereocenters. The van der Waals surface area contributed by atoms with Gasteiger partial charge in [-0.15, -0.1) is 0 Å². The van der Waals surface area contributed by atoms with Crippen LogP contribution < -0.4 is 0 Å². The molecule has 26 heavy (non-hydrogen) atoms. The third-order valence-corrected chi connectivity index (χ3v) is 4.50. The Kier molecular flexibility index (Phi) is 4.16. The summed E-state index contributed by atoms with van der Waals surface area (Å²) in [6.07, 6.45) is 0. The molecule has 4 aromatic rings. The van der Waals surface area contributed by atoms with Gasteiger partial charge in [-0.2, -0.15) is 0 Å². The largest absolute Gasteiger partial charge is 0.507 e. The van der Waals surface area contributed by atoms with Gasteiger partial charge in [0.2, 0.25) is 0 Å². The molecule has 0 aliphatic heterocycles. The molecule has 126 valence electrons. The van der Waals surface area contributed by atoms with E-state index in [0.717, 1.165) is 33.4 Å². The molecule has 0 saturated heterocycles. The van der Waals surface area contributed by atoms with Crippen molar-refractivity contribution in [3.8, 4) is 44.9 Å². The highest BCUT2D eigenvalue weighted by Gasteiger charge is 2.14. The zero-order valence-corrected chi connectivity index (χ0v) is 14.1. The molecule has 0 saturated carbocycles. The van der Waals surface area contributed by atoms with E-state index in [1.54, 1.807) is 12.1 Å². The maximum absolute atomic E-state index is 10.5. The first-order valence-corrected chi connectivity index (χ1v) is 8.50. The fourth-order valence-electron chi connectivity index (χ4n) is 3.24. The molecule has 0 bridgehead atoms. The van der Waals surface area contributed by atoms with Gasteiger partial charge in [-0.1, -0.05) is 78.9 Å². The van der Waals surface area contributed by atoms with Crippen LogP contribution in [0.4, 0.5) is 0 Å². The maximum Gasteiger partial charge on any atom is 0.124 e. The summed E-state index contributed by atoms with van der Waals surface area (Å²) in [7, 11) is 0. The van der Waals surface area contributed by atoms with Crippen LogP contribution >= 0.6 is 0 Å². The van der Waals surface area contributed by atoms with Crippen LogP contribution in [0, 0.1) is 0 Å². The zero-order chi connectivity index (χ0) is 17.9. The number of benzene rings is 4. The number of aromatic hydroxyl groups is 2. The number of rotatable bonds is 3. The lowest BCUT2D eigenvalue weighted by Gasteiger charge is -2.14. The normalized spacial score (nSPS) is 10.6. The lowest BCUT2D eigenvalue weighted by atomic mass is 9.91. The molecule has 0 atom stereocenters. The van der Waals surface area contributed by atoms with Crippen LogP contribution in [0.1, 0.15) is 0 Å². The van der Waals surface area contributed by atoms with Crippen molar-refractivity contribution in [3.63, 3.8) is 0 Å². The number of phenolic OH excluding ortho intramolecular Hbond substituents is 2. The van der Waals surface area contributed by atoms with E-state index in [1.807, 2.05) is 84.9 Å². The Balaban J connectivity index is 1.91. The Morgan fingerprint density at radius 2 is 1.08 bits per heavy atom. The average Bonchev–Trinajstić information content (AvgIpc) is 2.69. The first-order chi connectivity index (χ1) is 12.7. The van der Waals surface area contributed by atoms with Gasteiger partial charge in [0.1, 0.15) is 11.5 Å². The third-order valence-electron chi connectivity index (χ3n) is 4.50. The fourth-order valence-corrected chi connectivity index (χ4v) is 3.24. The quantitative estimate of drug-likeness (QED) is 0.474. The Hall–Kier alpha value is -3.52. The van der Waals surface area contributed by atoms with Gasteiger partial charge in [-0.25, -0.2) is 0 Å². The predicted octanol–water partition coefficient (Wildman–Crippen LogP) is 6.10. The van der Waals surface area contributed by atoms with E-state index in [-0.39, 0.29) is 11.5 Å². The number of hydrogen-bond donors (Lipinski definition) is 2. The van der Waals surface area contributed by atoms with Crippen molar-refractivity contribution in [3.05, 3.63) is 97.1 Å². The van der Waals surface area contributed by atoms with Crippen LogP contribution in [-0.4, -0.2) is 10.2 Å². The predicted molar refractivity (Wildman–Crippen MR) is 106 cm³/mol. The van der Waals surface area contributed by atoms with E-state index in [0.29, 0.717) is 0 Å². The third kappa shape index (κ3) is 2.93. The van der Waals surface area contributed by atoms with Crippen LogP contribution in [0.25, 0.3) is 33.4 Å². The van der Waals surface area contributed by atoms with E-state index >= 15 is 0 Å². The highest BCUT2D eigenvalue weighted by atomic mass is 16.3. The summed E-state index contributed by atoms with van der Waals surface area (Å²) in [6.45, 7) is 0. The molecule has 0 aliphatic rings. The highest BCUT2D eigenvalue weighted by Crippen LogP contribution is 2.41. The van der Waals surface area contributed by atoms with Crippen LogP contribution in [-0.2, 0) is 0 Å². The molecular formula is C24H18O2.